The summed E-state index contributed by atoms with van der Waals surface area (Å²) in [5, 5.41) is 17.1. The van der Waals surface area contributed by atoms with E-state index in [9.17, 15) is 0 Å². The summed E-state index contributed by atoms with van der Waals surface area (Å²) >= 11 is 6.05. The fourth-order valence-corrected chi connectivity index (χ4v) is 2.31. The lowest BCUT2D eigenvalue weighted by Crippen LogP contribution is -2.08. The molecule has 0 radical (unpaired) electrons. The summed E-state index contributed by atoms with van der Waals surface area (Å²) in [5.41, 5.74) is 2.56. The topological polar surface area (TPSA) is 62.5 Å². The van der Waals surface area contributed by atoms with Crippen molar-refractivity contribution in [1.82, 2.24) is 14.6 Å². The zero-order valence-corrected chi connectivity index (χ0v) is 12.1. The van der Waals surface area contributed by atoms with Gasteiger partial charge < -0.3 is 10.4 Å². The Kier molecular flexibility index (Phi) is 4.03. The maximum absolute atomic E-state index is 8.86. The summed E-state index contributed by atoms with van der Waals surface area (Å²) in [6, 6.07) is 13.5. The van der Waals surface area contributed by atoms with Gasteiger partial charge in [0.2, 0.25) is 0 Å². The summed E-state index contributed by atoms with van der Waals surface area (Å²) in [5.74, 6) is 0.764. The number of benzene rings is 1. The second-order valence-corrected chi connectivity index (χ2v) is 5.02. The molecule has 21 heavy (non-hydrogen) atoms. The molecule has 0 aliphatic heterocycles. The first-order valence-corrected chi connectivity index (χ1v) is 7.12. The molecule has 6 heteroatoms. The van der Waals surface area contributed by atoms with Crippen LogP contribution in [0.15, 0.2) is 42.5 Å². The first-order chi connectivity index (χ1) is 10.3. The summed E-state index contributed by atoms with van der Waals surface area (Å²) in [6.45, 7) is 0.788. The molecule has 5 nitrogen and oxygen atoms in total. The minimum Gasteiger partial charge on any atom is -0.396 e. The number of aromatic nitrogens is 3. The van der Waals surface area contributed by atoms with Gasteiger partial charge in [-0.25, -0.2) is 4.98 Å². The van der Waals surface area contributed by atoms with Gasteiger partial charge in [-0.05, 0) is 6.42 Å². The van der Waals surface area contributed by atoms with E-state index in [-0.39, 0.29) is 6.61 Å². The van der Waals surface area contributed by atoms with E-state index in [1.54, 1.807) is 10.6 Å². The quantitative estimate of drug-likeness (QED) is 0.562. The van der Waals surface area contributed by atoms with Crippen LogP contribution >= 0.6 is 11.6 Å². The van der Waals surface area contributed by atoms with Crippen molar-refractivity contribution in [2.45, 2.75) is 6.42 Å². The number of hydrogen-bond acceptors (Lipinski definition) is 4. The molecule has 0 saturated heterocycles. The molecular formula is C15H15ClN4O. The largest absolute Gasteiger partial charge is 0.396 e. The lowest BCUT2D eigenvalue weighted by Gasteiger charge is -2.07. The van der Waals surface area contributed by atoms with Crippen LogP contribution in [0.4, 0.5) is 5.82 Å². The Morgan fingerprint density at radius 3 is 2.76 bits per heavy atom. The Morgan fingerprint density at radius 1 is 1.19 bits per heavy atom. The van der Waals surface area contributed by atoms with Gasteiger partial charge in [0.05, 0.1) is 5.69 Å². The highest BCUT2D eigenvalue weighted by molar-refractivity contribution is 6.29. The average Bonchev–Trinajstić information content (AvgIpc) is 2.92. The van der Waals surface area contributed by atoms with Crippen molar-refractivity contribution in [3.8, 4) is 11.3 Å². The molecule has 1 aromatic carbocycles. The molecule has 3 rings (SSSR count). The molecule has 0 amide bonds. The fraction of sp³-hybridized carbons (Fsp3) is 0.200. The maximum Gasteiger partial charge on any atom is 0.159 e. The van der Waals surface area contributed by atoms with Crippen LogP contribution in [0.2, 0.25) is 5.15 Å². The molecular weight excluding hydrogens is 288 g/mol. The molecule has 108 valence electrons. The molecule has 0 bridgehead atoms. The van der Waals surface area contributed by atoms with Crippen molar-refractivity contribution in [1.29, 1.82) is 0 Å². The van der Waals surface area contributed by atoms with Crippen LogP contribution in [-0.2, 0) is 0 Å². The number of aliphatic hydroxyl groups excluding tert-OH is 1. The van der Waals surface area contributed by atoms with E-state index in [0.29, 0.717) is 23.8 Å². The van der Waals surface area contributed by atoms with Gasteiger partial charge in [0.15, 0.2) is 5.65 Å². The highest BCUT2D eigenvalue weighted by Crippen LogP contribution is 2.22. The Balaban J connectivity index is 2.02. The first kappa shape index (κ1) is 13.9. The van der Waals surface area contributed by atoms with E-state index < -0.39 is 0 Å². The van der Waals surface area contributed by atoms with E-state index >= 15 is 0 Å². The van der Waals surface area contributed by atoms with E-state index in [2.05, 4.69) is 15.4 Å². The Labute approximate surface area is 127 Å². The van der Waals surface area contributed by atoms with Crippen LogP contribution in [0.1, 0.15) is 6.42 Å². The van der Waals surface area contributed by atoms with Gasteiger partial charge in [0.1, 0.15) is 11.0 Å². The smallest absolute Gasteiger partial charge is 0.159 e. The number of anilines is 1. The molecule has 0 spiro atoms. The second kappa shape index (κ2) is 6.11. The molecule has 0 aliphatic carbocycles. The van der Waals surface area contributed by atoms with Crippen molar-refractivity contribution in [2.24, 2.45) is 0 Å². The zero-order chi connectivity index (χ0) is 14.7. The second-order valence-electron chi connectivity index (χ2n) is 4.63. The highest BCUT2D eigenvalue weighted by atomic mass is 35.5. The van der Waals surface area contributed by atoms with Gasteiger partial charge in [-0.15, -0.1) is 0 Å². The maximum atomic E-state index is 8.86. The molecule has 0 saturated carbocycles. The predicted octanol–water partition coefficient (Wildman–Crippen LogP) is 2.84. The SMILES string of the molecule is OCCCNc1cc(Cl)nc2cc(-c3ccccc3)nn12. The molecule has 2 N–H and O–H groups in total. The van der Waals surface area contributed by atoms with Crippen molar-refractivity contribution in [2.75, 3.05) is 18.5 Å². The van der Waals surface area contributed by atoms with E-state index in [4.69, 9.17) is 16.7 Å². The van der Waals surface area contributed by atoms with Gasteiger partial charge in [-0.1, -0.05) is 41.9 Å². The molecule has 0 aliphatic rings. The van der Waals surface area contributed by atoms with Crippen molar-refractivity contribution < 1.29 is 5.11 Å². The lowest BCUT2D eigenvalue weighted by molar-refractivity contribution is 0.292. The van der Waals surface area contributed by atoms with Crippen LogP contribution in [0, 0.1) is 0 Å². The molecule has 2 aromatic heterocycles. The zero-order valence-electron chi connectivity index (χ0n) is 11.3. The molecule has 0 fully saturated rings. The summed E-state index contributed by atoms with van der Waals surface area (Å²) in [6.07, 6.45) is 0.661. The predicted molar refractivity (Wildman–Crippen MR) is 83.6 cm³/mol. The number of nitrogens with zero attached hydrogens (tertiary/aromatic N) is 3. The van der Waals surface area contributed by atoms with Crippen molar-refractivity contribution in [3.63, 3.8) is 0 Å². The van der Waals surface area contributed by atoms with Gasteiger partial charge >= 0.3 is 0 Å². The molecule has 3 aromatic rings. The number of rotatable bonds is 5. The third-order valence-electron chi connectivity index (χ3n) is 3.11. The highest BCUT2D eigenvalue weighted by Gasteiger charge is 2.09. The van der Waals surface area contributed by atoms with E-state index in [0.717, 1.165) is 17.1 Å². The third kappa shape index (κ3) is 2.99. The fourth-order valence-electron chi connectivity index (χ4n) is 2.12. The van der Waals surface area contributed by atoms with Gasteiger partial charge in [0.25, 0.3) is 0 Å². The summed E-state index contributed by atoms with van der Waals surface area (Å²) in [4.78, 5) is 4.29. The molecule has 2 heterocycles. The first-order valence-electron chi connectivity index (χ1n) is 6.74. The molecule has 0 unspecified atom stereocenters. The standard InChI is InChI=1S/C15H15ClN4O/c16-13-10-14(17-7-4-8-21)20-15(18-13)9-12(19-20)11-5-2-1-3-6-11/h1-3,5-6,9-10,17,21H,4,7-8H2. The Bertz CT molecular complexity index is 742. The Morgan fingerprint density at radius 2 is 2.00 bits per heavy atom. The number of hydrogen-bond donors (Lipinski definition) is 2. The number of aliphatic hydroxyl groups is 1. The normalized spacial score (nSPS) is 11.0. The lowest BCUT2D eigenvalue weighted by atomic mass is 10.2. The van der Waals surface area contributed by atoms with Gasteiger partial charge in [0, 0.05) is 30.8 Å². The van der Waals surface area contributed by atoms with E-state index in [1.807, 2.05) is 36.4 Å². The minimum atomic E-state index is 0.142. The van der Waals surface area contributed by atoms with Crippen molar-refractivity contribution >= 4 is 23.1 Å². The van der Waals surface area contributed by atoms with Gasteiger partial charge in [-0.2, -0.15) is 9.61 Å². The van der Waals surface area contributed by atoms with E-state index in [1.165, 1.54) is 0 Å². The van der Waals surface area contributed by atoms with Crippen LogP contribution in [0.5, 0.6) is 0 Å². The summed E-state index contributed by atoms with van der Waals surface area (Å²) < 4.78 is 1.73. The van der Waals surface area contributed by atoms with Crippen LogP contribution in [0.3, 0.4) is 0 Å². The Hall–Kier alpha value is -2.11. The number of fused-ring (bicyclic) bond motifs is 1. The third-order valence-corrected chi connectivity index (χ3v) is 3.30. The van der Waals surface area contributed by atoms with Crippen molar-refractivity contribution in [3.05, 3.63) is 47.6 Å². The molecule has 0 atom stereocenters. The summed E-state index contributed by atoms with van der Waals surface area (Å²) in [7, 11) is 0. The minimum absolute atomic E-state index is 0.142. The number of halogens is 1. The van der Waals surface area contributed by atoms with Gasteiger partial charge in [-0.3, -0.25) is 0 Å². The van der Waals surface area contributed by atoms with Crippen LogP contribution in [0.25, 0.3) is 16.9 Å². The van der Waals surface area contributed by atoms with Crippen LogP contribution in [-0.4, -0.2) is 32.9 Å². The number of nitrogens with one attached hydrogen (secondary N) is 1. The monoisotopic (exact) mass is 302 g/mol. The average molecular weight is 303 g/mol. The van der Waals surface area contributed by atoms with Crippen LogP contribution < -0.4 is 5.32 Å².